The Balaban J connectivity index is 0.000000924. The average molecular weight is 353 g/mol. The molecule has 0 aliphatic carbocycles. The topological polar surface area (TPSA) is 66.0 Å². The van der Waals surface area contributed by atoms with E-state index in [1.165, 1.54) is 6.33 Å². The number of anilines is 1. The zero-order chi connectivity index (χ0) is 17.1. The lowest BCUT2D eigenvalue weighted by molar-refractivity contribution is 0.415. The summed E-state index contributed by atoms with van der Waals surface area (Å²) < 4.78 is 7.00. The van der Waals surface area contributed by atoms with E-state index in [1.54, 1.807) is 23.8 Å². The molecule has 0 saturated carbocycles. The van der Waals surface area contributed by atoms with Crippen molar-refractivity contribution >= 4 is 40.1 Å². The van der Waals surface area contributed by atoms with Crippen LogP contribution in [-0.4, -0.2) is 21.6 Å². The molecule has 0 fully saturated rings. The van der Waals surface area contributed by atoms with Gasteiger partial charge < -0.3 is 15.0 Å². The molecule has 5 nitrogen and oxygen atoms in total. The number of rotatable bonds is 2. The Morgan fingerprint density at radius 3 is 2.52 bits per heavy atom. The number of hydrogen-bond donors (Lipinski definition) is 1. The summed E-state index contributed by atoms with van der Waals surface area (Å²) in [6, 6.07) is 5.35. The van der Waals surface area contributed by atoms with E-state index in [0.29, 0.717) is 38.3 Å². The number of halogens is 2. The maximum Gasteiger partial charge on any atom is 0.147 e. The van der Waals surface area contributed by atoms with Crippen LogP contribution in [0.15, 0.2) is 24.5 Å². The molecular weight excluding hydrogens is 335 g/mol. The molecule has 0 saturated heterocycles. The molecule has 23 heavy (non-hydrogen) atoms. The number of ether oxygens (including phenoxy) is 1. The van der Waals surface area contributed by atoms with Crippen molar-refractivity contribution in [3.8, 4) is 16.9 Å². The molecule has 0 spiro atoms. The second kappa shape index (κ2) is 7.06. The monoisotopic (exact) mass is 352 g/mol. The molecule has 3 rings (SSSR count). The Labute approximate surface area is 145 Å². The number of nitrogens with zero attached hydrogens (tertiary/aromatic N) is 3. The van der Waals surface area contributed by atoms with Crippen LogP contribution >= 0.6 is 23.2 Å². The number of fused-ring (bicyclic) bond motifs is 1. The minimum Gasteiger partial charge on any atom is -0.497 e. The van der Waals surface area contributed by atoms with Gasteiger partial charge in [-0.25, -0.2) is 9.97 Å². The summed E-state index contributed by atoms with van der Waals surface area (Å²) >= 11 is 12.8. The molecule has 3 aromatic rings. The van der Waals surface area contributed by atoms with Gasteiger partial charge in [0.1, 0.15) is 28.7 Å². The summed E-state index contributed by atoms with van der Waals surface area (Å²) in [6.45, 7) is 4.00. The molecule has 0 radical (unpaired) electrons. The van der Waals surface area contributed by atoms with Gasteiger partial charge in [-0.15, -0.1) is 0 Å². The van der Waals surface area contributed by atoms with E-state index in [1.807, 2.05) is 27.0 Å². The van der Waals surface area contributed by atoms with E-state index in [9.17, 15) is 0 Å². The molecule has 2 heterocycles. The highest BCUT2D eigenvalue weighted by atomic mass is 35.5. The minimum atomic E-state index is 0.358. The molecule has 0 aliphatic heterocycles. The molecule has 0 unspecified atom stereocenters. The van der Waals surface area contributed by atoms with Crippen LogP contribution in [0.3, 0.4) is 0 Å². The molecule has 1 aromatic carbocycles. The lowest BCUT2D eigenvalue weighted by Crippen LogP contribution is -1.94. The van der Waals surface area contributed by atoms with Gasteiger partial charge in [-0.05, 0) is 18.2 Å². The van der Waals surface area contributed by atoms with Crippen LogP contribution < -0.4 is 10.5 Å². The quantitative estimate of drug-likeness (QED) is 0.733. The van der Waals surface area contributed by atoms with Gasteiger partial charge in [0.15, 0.2) is 0 Å². The number of aryl methyl sites for hydroxylation is 1. The highest BCUT2D eigenvalue weighted by Gasteiger charge is 2.21. The highest BCUT2D eigenvalue weighted by Crippen LogP contribution is 2.42. The summed E-state index contributed by atoms with van der Waals surface area (Å²) in [5, 5.41) is 1.72. The van der Waals surface area contributed by atoms with Crippen molar-refractivity contribution < 1.29 is 4.74 Å². The van der Waals surface area contributed by atoms with Crippen molar-refractivity contribution in [2.24, 2.45) is 7.05 Å². The minimum absolute atomic E-state index is 0.358. The first kappa shape index (κ1) is 17.4. The number of benzene rings is 1. The number of hydrogen-bond acceptors (Lipinski definition) is 4. The molecule has 2 aromatic heterocycles. The summed E-state index contributed by atoms with van der Waals surface area (Å²) in [7, 11) is 3.41. The Morgan fingerprint density at radius 1 is 1.17 bits per heavy atom. The number of nitrogens with two attached hydrogens (primary N) is 1. The predicted octanol–water partition coefficient (Wildman–Crippen LogP) is 4.56. The van der Waals surface area contributed by atoms with Gasteiger partial charge in [-0.2, -0.15) is 0 Å². The van der Waals surface area contributed by atoms with Crippen LogP contribution in [-0.2, 0) is 7.05 Å². The molecule has 2 N–H and O–H groups in total. The number of nitrogen functional groups attached to an aromatic ring is 1. The van der Waals surface area contributed by atoms with Crippen LogP contribution in [0, 0.1) is 0 Å². The first-order chi connectivity index (χ1) is 11.0. The van der Waals surface area contributed by atoms with Crippen LogP contribution in [0.5, 0.6) is 5.75 Å². The summed E-state index contributed by atoms with van der Waals surface area (Å²) in [5.41, 5.74) is 8.09. The van der Waals surface area contributed by atoms with Gasteiger partial charge in [-0.3, -0.25) is 0 Å². The van der Waals surface area contributed by atoms with Crippen molar-refractivity contribution in [2.75, 3.05) is 12.8 Å². The standard InChI is InChI=1S/C14H12Cl2N4O.C2H6/c1-20-12(16)10(11-13(17)18-6-19-14(11)20)8-5-7(21-2)3-4-9(8)15;1-2/h3-6H,1-2H3,(H2,17,18,19);1-2H3. The van der Waals surface area contributed by atoms with Crippen molar-refractivity contribution in [1.29, 1.82) is 0 Å². The second-order valence-corrected chi connectivity index (χ2v) is 5.29. The lowest BCUT2D eigenvalue weighted by Gasteiger charge is -2.07. The second-order valence-electron chi connectivity index (χ2n) is 4.53. The molecular formula is C16H18Cl2N4O. The third kappa shape index (κ3) is 2.94. The van der Waals surface area contributed by atoms with Crippen molar-refractivity contribution in [3.05, 3.63) is 34.7 Å². The van der Waals surface area contributed by atoms with E-state index >= 15 is 0 Å². The van der Waals surface area contributed by atoms with Gasteiger partial charge in [0, 0.05) is 23.2 Å². The van der Waals surface area contributed by atoms with Crippen LogP contribution in [0.25, 0.3) is 22.2 Å². The van der Waals surface area contributed by atoms with Gasteiger partial charge >= 0.3 is 0 Å². The van der Waals surface area contributed by atoms with Crippen LogP contribution in [0.1, 0.15) is 13.8 Å². The Bertz CT molecular complexity index is 846. The Kier molecular flexibility index (Phi) is 5.34. The SMILES string of the molecule is CC.COc1ccc(Cl)c(-c2c(Cl)n(C)c3ncnc(N)c23)c1. The largest absolute Gasteiger partial charge is 0.497 e. The van der Waals surface area contributed by atoms with E-state index in [0.717, 1.165) is 5.56 Å². The van der Waals surface area contributed by atoms with Crippen molar-refractivity contribution in [1.82, 2.24) is 14.5 Å². The zero-order valence-electron chi connectivity index (χ0n) is 13.4. The van der Waals surface area contributed by atoms with Gasteiger partial charge in [0.2, 0.25) is 0 Å². The van der Waals surface area contributed by atoms with E-state index in [2.05, 4.69) is 9.97 Å². The fourth-order valence-corrected chi connectivity index (χ4v) is 2.80. The predicted molar refractivity (Wildman–Crippen MR) is 96.3 cm³/mol. The van der Waals surface area contributed by atoms with E-state index in [4.69, 9.17) is 33.7 Å². The zero-order valence-corrected chi connectivity index (χ0v) is 14.9. The van der Waals surface area contributed by atoms with Crippen LogP contribution in [0.4, 0.5) is 5.82 Å². The smallest absolute Gasteiger partial charge is 0.147 e. The third-order valence-corrected chi connectivity index (χ3v) is 4.14. The van der Waals surface area contributed by atoms with Gasteiger partial charge in [0.05, 0.1) is 12.5 Å². The highest BCUT2D eigenvalue weighted by molar-refractivity contribution is 6.38. The normalized spacial score (nSPS) is 10.3. The van der Waals surface area contributed by atoms with E-state index in [-0.39, 0.29) is 0 Å². The first-order valence-electron chi connectivity index (χ1n) is 7.13. The Morgan fingerprint density at radius 2 is 1.87 bits per heavy atom. The van der Waals surface area contributed by atoms with Crippen LogP contribution in [0.2, 0.25) is 10.2 Å². The summed E-state index contributed by atoms with van der Waals surface area (Å²) in [4.78, 5) is 8.27. The van der Waals surface area contributed by atoms with Gasteiger partial charge in [0.25, 0.3) is 0 Å². The Hall–Kier alpha value is -1.98. The van der Waals surface area contributed by atoms with E-state index < -0.39 is 0 Å². The molecule has 0 amide bonds. The maximum absolute atomic E-state index is 6.45. The summed E-state index contributed by atoms with van der Waals surface area (Å²) in [6.07, 6.45) is 1.41. The van der Waals surface area contributed by atoms with Crippen molar-refractivity contribution in [2.45, 2.75) is 13.8 Å². The van der Waals surface area contributed by atoms with Crippen molar-refractivity contribution in [3.63, 3.8) is 0 Å². The van der Waals surface area contributed by atoms with Gasteiger partial charge in [-0.1, -0.05) is 37.0 Å². The maximum atomic E-state index is 6.45. The third-order valence-electron chi connectivity index (χ3n) is 3.37. The fourth-order valence-electron chi connectivity index (χ4n) is 2.32. The number of aromatic nitrogens is 3. The molecule has 122 valence electrons. The average Bonchev–Trinajstić information content (AvgIpc) is 2.83. The molecule has 7 heteroatoms. The molecule has 0 bridgehead atoms. The summed E-state index contributed by atoms with van der Waals surface area (Å²) in [5.74, 6) is 1.04. The lowest BCUT2D eigenvalue weighted by atomic mass is 10.1. The number of methoxy groups -OCH3 is 1. The first-order valence-corrected chi connectivity index (χ1v) is 7.88. The molecule has 0 aliphatic rings. The fraction of sp³-hybridized carbons (Fsp3) is 0.250. The molecule has 0 atom stereocenters.